The van der Waals surface area contributed by atoms with E-state index < -0.39 is 0 Å². The van der Waals surface area contributed by atoms with Crippen molar-refractivity contribution in [1.29, 1.82) is 0 Å². The molecule has 1 saturated carbocycles. The van der Waals surface area contributed by atoms with E-state index in [1.54, 1.807) is 0 Å². The van der Waals surface area contributed by atoms with Crippen LogP contribution in [0.5, 0.6) is 0 Å². The van der Waals surface area contributed by atoms with Gasteiger partial charge in [0.25, 0.3) is 0 Å². The number of aliphatic hydroxyl groups excluding tert-OH is 1. The third-order valence-electron chi connectivity index (χ3n) is 4.39. The van der Waals surface area contributed by atoms with Gasteiger partial charge in [-0.15, -0.1) is 10.2 Å². The second-order valence-corrected chi connectivity index (χ2v) is 7.43. The van der Waals surface area contributed by atoms with E-state index in [1.807, 2.05) is 0 Å². The lowest BCUT2D eigenvalue weighted by Gasteiger charge is -2.39. The topological polar surface area (TPSA) is 50.9 Å². The van der Waals surface area contributed by atoms with Crippen molar-refractivity contribution in [3.63, 3.8) is 0 Å². The van der Waals surface area contributed by atoms with Gasteiger partial charge < -0.3 is 9.67 Å². The Bertz CT molecular complexity index is 443. The van der Waals surface area contributed by atoms with Crippen LogP contribution in [0.4, 0.5) is 0 Å². The second kappa shape index (κ2) is 4.89. The molecule has 0 saturated heterocycles. The molecule has 0 amide bonds. The minimum atomic E-state index is -0.0928. The standard InChI is InChI=1S/C15H27N3O/c1-14(2,3)18-12(10-19)16-17-13(18)11-8-6-7-9-15(11,4)5/h11,19H,6-10H2,1-5H3. The average molecular weight is 265 g/mol. The minimum Gasteiger partial charge on any atom is -0.388 e. The molecule has 1 unspecified atom stereocenters. The normalized spacial score (nSPS) is 23.6. The van der Waals surface area contributed by atoms with E-state index in [4.69, 9.17) is 0 Å². The Balaban J connectivity index is 2.47. The highest BCUT2D eigenvalue weighted by molar-refractivity contribution is 5.10. The van der Waals surface area contributed by atoms with Crippen LogP contribution in [0.25, 0.3) is 0 Å². The number of nitrogens with zero attached hydrogens (tertiary/aromatic N) is 3. The molecule has 4 nitrogen and oxygen atoms in total. The molecular formula is C15H27N3O. The number of hydrogen-bond donors (Lipinski definition) is 1. The van der Waals surface area contributed by atoms with Crippen LogP contribution in [0, 0.1) is 5.41 Å². The van der Waals surface area contributed by atoms with Crippen molar-refractivity contribution in [2.45, 2.75) is 78.4 Å². The predicted octanol–water partition coefficient (Wildman–Crippen LogP) is 3.21. The average Bonchev–Trinajstić information content (AvgIpc) is 2.71. The van der Waals surface area contributed by atoms with E-state index in [2.05, 4.69) is 49.4 Å². The Kier molecular flexibility index (Phi) is 3.74. The zero-order chi connectivity index (χ0) is 14.3. The third-order valence-corrected chi connectivity index (χ3v) is 4.39. The van der Waals surface area contributed by atoms with E-state index >= 15 is 0 Å². The number of aliphatic hydroxyl groups is 1. The lowest BCUT2D eigenvalue weighted by Crippen LogP contribution is -2.33. The molecule has 4 heteroatoms. The smallest absolute Gasteiger partial charge is 0.159 e. The Morgan fingerprint density at radius 3 is 2.47 bits per heavy atom. The zero-order valence-corrected chi connectivity index (χ0v) is 12.9. The summed E-state index contributed by atoms with van der Waals surface area (Å²) >= 11 is 0. The van der Waals surface area contributed by atoms with Crippen LogP contribution in [0.2, 0.25) is 0 Å². The van der Waals surface area contributed by atoms with Crippen LogP contribution in [-0.4, -0.2) is 19.9 Å². The van der Waals surface area contributed by atoms with Gasteiger partial charge in [0, 0.05) is 11.5 Å². The fraction of sp³-hybridized carbons (Fsp3) is 0.867. The van der Waals surface area contributed by atoms with Crippen molar-refractivity contribution >= 4 is 0 Å². The van der Waals surface area contributed by atoms with Crippen molar-refractivity contribution in [2.24, 2.45) is 5.41 Å². The molecule has 0 aromatic carbocycles. The summed E-state index contributed by atoms with van der Waals surface area (Å²) in [7, 11) is 0. The van der Waals surface area contributed by atoms with E-state index in [0.29, 0.717) is 11.7 Å². The summed E-state index contributed by atoms with van der Waals surface area (Å²) < 4.78 is 2.14. The maximum atomic E-state index is 9.50. The summed E-state index contributed by atoms with van der Waals surface area (Å²) in [6.45, 7) is 11.1. The van der Waals surface area contributed by atoms with E-state index in [0.717, 1.165) is 5.82 Å². The van der Waals surface area contributed by atoms with Gasteiger partial charge >= 0.3 is 0 Å². The molecule has 1 heterocycles. The molecule has 2 rings (SSSR count). The fourth-order valence-corrected chi connectivity index (χ4v) is 3.36. The molecule has 0 bridgehead atoms. The van der Waals surface area contributed by atoms with Gasteiger partial charge in [0.05, 0.1) is 0 Å². The van der Waals surface area contributed by atoms with Gasteiger partial charge in [-0.2, -0.15) is 0 Å². The first-order valence-electron chi connectivity index (χ1n) is 7.33. The molecule has 1 N–H and O–H groups in total. The highest BCUT2D eigenvalue weighted by Crippen LogP contribution is 2.46. The predicted molar refractivity (Wildman–Crippen MR) is 75.9 cm³/mol. The van der Waals surface area contributed by atoms with Gasteiger partial charge in [-0.1, -0.05) is 26.7 Å². The third kappa shape index (κ3) is 2.69. The quantitative estimate of drug-likeness (QED) is 0.893. The van der Waals surface area contributed by atoms with Crippen LogP contribution in [0.1, 0.15) is 77.9 Å². The van der Waals surface area contributed by atoms with Crippen LogP contribution < -0.4 is 0 Å². The highest BCUT2D eigenvalue weighted by atomic mass is 16.3. The molecule has 0 radical (unpaired) electrons. The van der Waals surface area contributed by atoms with Crippen LogP contribution >= 0.6 is 0 Å². The molecule has 1 atom stereocenters. The summed E-state index contributed by atoms with van der Waals surface area (Å²) in [5, 5.41) is 18.1. The Hall–Kier alpha value is -0.900. The largest absolute Gasteiger partial charge is 0.388 e. The SMILES string of the molecule is CC1(C)CCCCC1c1nnc(CO)n1C(C)(C)C. The van der Waals surface area contributed by atoms with Gasteiger partial charge in [0.1, 0.15) is 12.4 Å². The maximum absolute atomic E-state index is 9.50. The van der Waals surface area contributed by atoms with Gasteiger partial charge in [0.2, 0.25) is 0 Å². The first-order valence-corrected chi connectivity index (χ1v) is 7.33. The monoisotopic (exact) mass is 265 g/mol. The minimum absolute atomic E-state index is 0.0442. The molecule has 1 aromatic rings. The van der Waals surface area contributed by atoms with Gasteiger partial charge in [-0.3, -0.25) is 0 Å². The van der Waals surface area contributed by atoms with Crippen LogP contribution in [0.15, 0.2) is 0 Å². The first kappa shape index (κ1) is 14.5. The summed E-state index contributed by atoms with van der Waals surface area (Å²) in [4.78, 5) is 0. The Labute approximate surface area is 116 Å². The van der Waals surface area contributed by atoms with Crippen molar-refractivity contribution in [3.8, 4) is 0 Å². The fourth-order valence-electron chi connectivity index (χ4n) is 3.36. The molecule has 19 heavy (non-hydrogen) atoms. The lowest BCUT2D eigenvalue weighted by atomic mass is 9.68. The van der Waals surface area contributed by atoms with Crippen LogP contribution in [0.3, 0.4) is 0 Å². The van der Waals surface area contributed by atoms with Crippen molar-refractivity contribution in [2.75, 3.05) is 0 Å². The summed E-state index contributed by atoms with van der Waals surface area (Å²) in [5.41, 5.74) is 0.172. The van der Waals surface area contributed by atoms with E-state index in [9.17, 15) is 5.11 Å². The van der Waals surface area contributed by atoms with Crippen molar-refractivity contribution < 1.29 is 5.11 Å². The summed E-state index contributed by atoms with van der Waals surface area (Å²) in [6.07, 6.45) is 4.98. The molecule has 1 aromatic heterocycles. The zero-order valence-electron chi connectivity index (χ0n) is 12.9. The molecule has 0 spiro atoms. The lowest BCUT2D eigenvalue weighted by molar-refractivity contribution is 0.178. The molecule has 108 valence electrons. The van der Waals surface area contributed by atoms with Crippen LogP contribution in [-0.2, 0) is 12.1 Å². The summed E-state index contributed by atoms with van der Waals surface area (Å²) in [5.74, 6) is 2.18. The van der Waals surface area contributed by atoms with E-state index in [-0.39, 0.29) is 17.6 Å². The molecule has 0 aliphatic heterocycles. The molecular weight excluding hydrogens is 238 g/mol. The van der Waals surface area contributed by atoms with Gasteiger partial charge in [-0.05, 0) is 39.0 Å². The Morgan fingerprint density at radius 1 is 1.26 bits per heavy atom. The van der Waals surface area contributed by atoms with Gasteiger partial charge in [-0.25, -0.2) is 0 Å². The highest BCUT2D eigenvalue weighted by Gasteiger charge is 2.38. The van der Waals surface area contributed by atoms with Gasteiger partial charge in [0.15, 0.2) is 5.82 Å². The molecule has 1 aliphatic rings. The maximum Gasteiger partial charge on any atom is 0.159 e. The second-order valence-electron chi connectivity index (χ2n) is 7.43. The van der Waals surface area contributed by atoms with E-state index in [1.165, 1.54) is 25.7 Å². The summed E-state index contributed by atoms with van der Waals surface area (Å²) in [6, 6.07) is 0. The van der Waals surface area contributed by atoms with Crippen molar-refractivity contribution in [1.82, 2.24) is 14.8 Å². The number of hydrogen-bond acceptors (Lipinski definition) is 3. The Morgan fingerprint density at radius 2 is 1.95 bits per heavy atom. The molecule has 1 fully saturated rings. The number of rotatable bonds is 2. The van der Waals surface area contributed by atoms with Crippen molar-refractivity contribution in [3.05, 3.63) is 11.6 Å². The molecule has 1 aliphatic carbocycles. The number of aromatic nitrogens is 3. The first-order chi connectivity index (χ1) is 8.77.